The smallest absolute Gasteiger partial charge is 0.404 e. The molecule has 2 atom stereocenters. The second kappa shape index (κ2) is 12.1. The summed E-state index contributed by atoms with van der Waals surface area (Å²) in [7, 11) is -0.0449. The lowest BCUT2D eigenvalue weighted by atomic mass is 10.7. The van der Waals surface area contributed by atoms with Crippen LogP contribution >= 0.6 is 17.3 Å². The zero-order valence-electron chi connectivity index (χ0n) is 8.42. The van der Waals surface area contributed by atoms with Gasteiger partial charge in [-0.2, -0.15) is 0 Å². The molecule has 0 radical (unpaired) electrons. The average Bonchev–Trinajstić information content (AvgIpc) is 2.14. The number of hydrogen-bond donors (Lipinski definition) is 3. The lowest BCUT2D eigenvalue weighted by Gasteiger charge is -1.93. The minimum atomic E-state index is -2.46. The number of hydrogen-bond acceptors (Lipinski definition) is 5. The summed E-state index contributed by atoms with van der Waals surface area (Å²) in [6.07, 6.45) is -1.31. The fourth-order valence-corrected chi connectivity index (χ4v) is 0.785. The van der Waals surface area contributed by atoms with E-state index < -0.39 is 20.2 Å². The van der Waals surface area contributed by atoms with E-state index in [1.807, 2.05) is 0 Å². The molecule has 0 aromatic rings. The van der Waals surface area contributed by atoms with Gasteiger partial charge >= 0.3 is 20.2 Å². The Kier molecular flexibility index (Phi) is 13.2. The number of carbonyl (C=O) groups is 2. The van der Waals surface area contributed by atoms with Crippen molar-refractivity contribution in [3.05, 3.63) is 0 Å². The van der Waals surface area contributed by atoms with Crippen molar-refractivity contribution in [3.63, 3.8) is 0 Å². The summed E-state index contributed by atoms with van der Waals surface area (Å²) in [5.74, 6) is 0. The molecule has 0 saturated carbocycles. The van der Waals surface area contributed by atoms with E-state index in [4.69, 9.17) is 5.11 Å². The van der Waals surface area contributed by atoms with Crippen molar-refractivity contribution in [3.8, 4) is 0 Å². The molecule has 2 amide bonds. The Labute approximate surface area is 95.6 Å². The van der Waals surface area contributed by atoms with E-state index in [2.05, 4.69) is 25.0 Å². The van der Waals surface area contributed by atoms with Crippen LogP contribution in [0.2, 0.25) is 0 Å². The third-order valence-electron chi connectivity index (χ3n) is 0.939. The average molecular weight is 272 g/mol. The number of nitrogens with two attached hydrogens (primary N) is 1. The van der Waals surface area contributed by atoms with Crippen LogP contribution in [0.15, 0.2) is 0 Å². The van der Waals surface area contributed by atoms with E-state index in [-0.39, 0.29) is 12.8 Å². The standard InChI is InChI=1S/C3H6NO4P.C3H8NO2P/c4-3(5)8-1-2-9(6)7;5-3(6)4-1-2-7/h1-2H2,(H2,4,5);4H,1-2,7H2,(H,5,6). The largest absolute Gasteiger partial charge is 0.595 e. The molecule has 0 aliphatic heterocycles. The lowest BCUT2D eigenvalue weighted by Crippen LogP contribution is -2.22. The van der Waals surface area contributed by atoms with Gasteiger partial charge in [-0.15, -0.1) is 9.24 Å². The maximum Gasteiger partial charge on any atom is 0.404 e. The molecule has 0 aliphatic carbocycles. The molecule has 10 heteroatoms. The molecule has 16 heavy (non-hydrogen) atoms. The summed E-state index contributed by atoms with van der Waals surface area (Å²) in [6, 6.07) is 0. The van der Waals surface area contributed by atoms with Crippen molar-refractivity contribution in [2.45, 2.75) is 0 Å². The fraction of sp³-hybridized carbons (Fsp3) is 0.667. The summed E-state index contributed by atoms with van der Waals surface area (Å²) >= 11 is 0. The first-order valence-corrected chi connectivity index (χ1v) is 6.29. The molecule has 0 aromatic carbocycles. The Balaban J connectivity index is 0. The van der Waals surface area contributed by atoms with Crippen molar-refractivity contribution in [1.82, 2.24) is 5.32 Å². The predicted octanol–water partition coefficient (Wildman–Crippen LogP) is -0.687. The Morgan fingerprint density at radius 2 is 2.12 bits per heavy atom. The van der Waals surface area contributed by atoms with Crippen molar-refractivity contribution in [2.75, 3.05) is 25.5 Å². The SMILES string of the molecule is NC(=O)OCC[P+](=O)[O-].O=C(O)NCCP. The Morgan fingerprint density at radius 1 is 1.56 bits per heavy atom. The van der Waals surface area contributed by atoms with Crippen molar-refractivity contribution in [2.24, 2.45) is 5.73 Å². The van der Waals surface area contributed by atoms with Gasteiger partial charge in [-0.05, 0) is 6.16 Å². The van der Waals surface area contributed by atoms with Gasteiger partial charge in [0, 0.05) is 6.54 Å². The molecule has 0 spiro atoms. The lowest BCUT2D eigenvalue weighted by molar-refractivity contribution is -0.164. The first kappa shape index (κ1) is 17.4. The van der Waals surface area contributed by atoms with Crippen molar-refractivity contribution in [1.29, 1.82) is 0 Å². The highest BCUT2D eigenvalue weighted by molar-refractivity contribution is 7.36. The van der Waals surface area contributed by atoms with Gasteiger partial charge in [0.25, 0.3) is 0 Å². The second-order valence-electron chi connectivity index (χ2n) is 2.24. The van der Waals surface area contributed by atoms with Gasteiger partial charge in [0.2, 0.25) is 0 Å². The zero-order valence-corrected chi connectivity index (χ0v) is 10.5. The number of ether oxygens (including phenoxy) is 1. The van der Waals surface area contributed by atoms with E-state index in [1.165, 1.54) is 0 Å². The van der Waals surface area contributed by atoms with E-state index >= 15 is 0 Å². The maximum atomic E-state index is 9.79. The molecule has 0 saturated heterocycles. The molecule has 2 unspecified atom stereocenters. The van der Waals surface area contributed by atoms with Gasteiger partial charge in [-0.1, -0.05) is 4.57 Å². The molecular formula is C6H14N2O6P2. The minimum Gasteiger partial charge on any atom is -0.595 e. The number of nitrogens with one attached hydrogen (secondary N) is 1. The number of rotatable bonds is 5. The van der Waals surface area contributed by atoms with Crippen LogP contribution in [0.5, 0.6) is 0 Å². The molecule has 0 bridgehead atoms. The number of primary amides is 1. The number of amides is 2. The van der Waals surface area contributed by atoms with E-state index in [1.54, 1.807) is 0 Å². The van der Waals surface area contributed by atoms with Crippen LogP contribution in [0.3, 0.4) is 0 Å². The number of carboxylic acid groups (broad SMARTS) is 1. The molecule has 0 aliphatic rings. The monoisotopic (exact) mass is 272 g/mol. The zero-order chi connectivity index (χ0) is 13.0. The predicted molar refractivity (Wildman–Crippen MR) is 58.6 cm³/mol. The van der Waals surface area contributed by atoms with E-state index in [0.717, 1.165) is 6.16 Å². The Bertz CT molecular complexity index is 223. The van der Waals surface area contributed by atoms with Crippen molar-refractivity contribution < 1.29 is 28.9 Å². The highest BCUT2D eigenvalue weighted by Gasteiger charge is 2.00. The molecule has 0 rings (SSSR count). The summed E-state index contributed by atoms with van der Waals surface area (Å²) in [5.41, 5.74) is 4.52. The van der Waals surface area contributed by atoms with Gasteiger partial charge < -0.3 is 25.8 Å². The van der Waals surface area contributed by atoms with Crippen LogP contribution in [0, 0.1) is 0 Å². The molecule has 4 N–H and O–H groups in total. The fourth-order valence-electron chi connectivity index (χ4n) is 0.400. The van der Waals surface area contributed by atoms with Gasteiger partial charge in [0.05, 0.1) is 0 Å². The second-order valence-corrected chi connectivity index (χ2v) is 3.93. The summed E-state index contributed by atoms with van der Waals surface area (Å²) in [5, 5.41) is 10.1. The highest BCUT2D eigenvalue weighted by Crippen LogP contribution is 2.03. The third kappa shape index (κ3) is 23.1. The third-order valence-corrected chi connectivity index (χ3v) is 1.78. The van der Waals surface area contributed by atoms with Gasteiger partial charge in [0.15, 0.2) is 6.16 Å². The van der Waals surface area contributed by atoms with E-state index in [9.17, 15) is 19.0 Å². The summed E-state index contributed by atoms with van der Waals surface area (Å²) in [4.78, 5) is 29.2. The molecule has 0 heterocycles. The molecule has 0 fully saturated rings. The maximum absolute atomic E-state index is 9.79. The van der Waals surface area contributed by atoms with Gasteiger partial charge in [-0.25, -0.2) is 9.59 Å². The first-order chi connectivity index (χ1) is 7.40. The molecule has 8 nitrogen and oxygen atoms in total. The first-order valence-electron chi connectivity index (χ1n) is 4.11. The van der Waals surface area contributed by atoms with E-state index in [0.29, 0.717) is 6.54 Å². The Hall–Kier alpha value is -0.970. The quantitative estimate of drug-likeness (QED) is 0.565. The molecule has 0 aromatic heterocycles. The number of carbonyl (C=O) groups excluding carboxylic acids is 1. The Morgan fingerprint density at radius 3 is 2.38 bits per heavy atom. The normalized spacial score (nSPS) is 9.50. The van der Waals surface area contributed by atoms with Crippen LogP contribution in [-0.2, 0) is 9.30 Å². The van der Waals surface area contributed by atoms with Crippen molar-refractivity contribution >= 4 is 29.5 Å². The topological polar surface area (TPSA) is 142 Å². The van der Waals surface area contributed by atoms with Crippen LogP contribution in [0.25, 0.3) is 0 Å². The van der Waals surface area contributed by atoms with Gasteiger partial charge in [-0.3, -0.25) is 0 Å². The molecule has 94 valence electrons. The van der Waals surface area contributed by atoms with Crippen LogP contribution < -0.4 is 15.9 Å². The summed E-state index contributed by atoms with van der Waals surface area (Å²) < 4.78 is 13.9. The molecular weight excluding hydrogens is 258 g/mol. The van der Waals surface area contributed by atoms with Crippen LogP contribution in [0.1, 0.15) is 0 Å². The minimum absolute atomic E-state index is 0.159. The van der Waals surface area contributed by atoms with Gasteiger partial charge in [0.1, 0.15) is 6.61 Å². The van der Waals surface area contributed by atoms with Crippen LogP contribution in [0.4, 0.5) is 9.59 Å². The van der Waals surface area contributed by atoms with Crippen LogP contribution in [-0.4, -0.2) is 42.8 Å². The highest BCUT2D eigenvalue weighted by atomic mass is 31.1. The summed E-state index contributed by atoms with van der Waals surface area (Å²) in [6.45, 7) is 0.355.